The highest BCUT2D eigenvalue weighted by atomic mass is 35.5. The van der Waals surface area contributed by atoms with Crippen LogP contribution in [0.3, 0.4) is 0 Å². The van der Waals surface area contributed by atoms with E-state index >= 15 is 0 Å². The zero-order chi connectivity index (χ0) is 7.56. The van der Waals surface area contributed by atoms with Crippen molar-refractivity contribution < 1.29 is 9.57 Å². The number of hydrogen-bond acceptors (Lipinski definition) is 1. The Balaban J connectivity index is 3.14. The highest BCUT2D eigenvalue weighted by Crippen LogP contribution is 2.14. The molecule has 0 saturated carbocycles. The predicted octanol–water partition coefficient (Wildman–Crippen LogP) is 1.34. The normalized spacial score (nSPS) is 9.50. The number of aromatic nitrogens is 1. The molecule has 10 heavy (non-hydrogen) atoms. The van der Waals surface area contributed by atoms with Gasteiger partial charge in [0, 0.05) is 10.8 Å². The van der Waals surface area contributed by atoms with Gasteiger partial charge in [-0.15, -0.1) is 0 Å². The lowest BCUT2D eigenvalue weighted by atomic mass is 10.5. The minimum Gasteiger partial charge on any atom is -0.273 e. The van der Waals surface area contributed by atoms with Crippen LogP contribution in [0.15, 0.2) is 18.3 Å². The summed E-state index contributed by atoms with van der Waals surface area (Å²) in [7, 11) is 1.52. The fraction of sp³-hybridized carbons (Fsp3) is 0.167. The lowest BCUT2D eigenvalue weighted by molar-refractivity contribution is -0.883. The van der Waals surface area contributed by atoms with Gasteiger partial charge >= 0.3 is 5.15 Å². The van der Waals surface area contributed by atoms with Gasteiger partial charge in [-0.05, 0) is 17.7 Å². The minimum absolute atomic E-state index is 0.381. The van der Waals surface area contributed by atoms with E-state index in [1.807, 2.05) is 0 Å². The first-order valence-corrected chi connectivity index (χ1v) is 3.41. The van der Waals surface area contributed by atoms with E-state index < -0.39 is 0 Å². The second-order valence-corrected chi connectivity index (χ2v) is 2.42. The lowest BCUT2D eigenvalue weighted by Crippen LogP contribution is -2.41. The second kappa shape index (κ2) is 3.08. The zero-order valence-corrected chi connectivity index (χ0v) is 6.86. The summed E-state index contributed by atoms with van der Waals surface area (Å²) in [5.41, 5.74) is 0. The van der Waals surface area contributed by atoms with Crippen molar-refractivity contribution in [2.24, 2.45) is 0 Å². The Kier molecular flexibility index (Phi) is 2.35. The molecule has 0 aliphatic heterocycles. The van der Waals surface area contributed by atoms with Crippen LogP contribution in [0.1, 0.15) is 0 Å². The first kappa shape index (κ1) is 7.63. The van der Waals surface area contributed by atoms with Crippen molar-refractivity contribution in [2.75, 3.05) is 7.11 Å². The first-order valence-electron chi connectivity index (χ1n) is 2.66. The van der Waals surface area contributed by atoms with Crippen LogP contribution in [0.5, 0.6) is 0 Å². The van der Waals surface area contributed by atoms with E-state index in [-0.39, 0.29) is 0 Å². The summed E-state index contributed by atoms with van der Waals surface area (Å²) >= 11 is 11.4. The van der Waals surface area contributed by atoms with Crippen LogP contribution in [0.4, 0.5) is 0 Å². The molecule has 4 heteroatoms. The molecule has 2 nitrogen and oxygen atoms in total. The molecule has 0 aromatic carbocycles. The maximum absolute atomic E-state index is 5.70. The summed E-state index contributed by atoms with van der Waals surface area (Å²) in [6, 6.07) is 3.44. The fourth-order valence-electron chi connectivity index (χ4n) is 0.586. The number of halogens is 2. The van der Waals surface area contributed by atoms with Gasteiger partial charge < -0.3 is 0 Å². The van der Waals surface area contributed by atoms with Crippen LogP contribution < -0.4 is 9.57 Å². The summed E-state index contributed by atoms with van der Waals surface area (Å²) in [5.74, 6) is 0. The SMILES string of the molecule is CO[n+]1cccc(Cl)c1Cl. The molecule has 0 saturated heterocycles. The molecule has 0 fully saturated rings. The number of rotatable bonds is 1. The van der Waals surface area contributed by atoms with Crippen molar-refractivity contribution >= 4 is 23.2 Å². The van der Waals surface area contributed by atoms with Crippen LogP contribution in [0.2, 0.25) is 10.2 Å². The van der Waals surface area contributed by atoms with Gasteiger partial charge in [0.25, 0.3) is 0 Å². The van der Waals surface area contributed by atoms with Crippen molar-refractivity contribution in [1.29, 1.82) is 0 Å². The predicted molar refractivity (Wildman–Crippen MR) is 39.2 cm³/mol. The molecule has 0 spiro atoms. The van der Waals surface area contributed by atoms with E-state index in [9.17, 15) is 0 Å². The Morgan fingerprint density at radius 1 is 1.50 bits per heavy atom. The maximum atomic E-state index is 5.70. The monoisotopic (exact) mass is 178 g/mol. The molecule has 1 aromatic heterocycles. The third-order valence-electron chi connectivity index (χ3n) is 1.05. The third kappa shape index (κ3) is 1.33. The smallest absolute Gasteiger partial charge is 0.273 e. The van der Waals surface area contributed by atoms with E-state index in [1.165, 1.54) is 11.8 Å². The fourth-order valence-corrected chi connectivity index (χ4v) is 0.931. The van der Waals surface area contributed by atoms with Crippen LogP contribution >= 0.6 is 23.2 Å². The van der Waals surface area contributed by atoms with Gasteiger partial charge in [0.2, 0.25) is 6.20 Å². The summed E-state index contributed by atoms with van der Waals surface area (Å²) in [5, 5.41) is 0.859. The molecule has 1 rings (SSSR count). The van der Waals surface area contributed by atoms with E-state index in [0.717, 1.165) is 0 Å². The number of pyridine rings is 1. The molecule has 0 amide bonds. The van der Waals surface area contributed by atoms with Gasteiger partial charge in [0.1, 0.15) is 12.1 Å². The quantitative estimate of drug-likeness (QED) is 0.468. The molecule has 1 heterocycles. The van der Waals surface area contributed by atoms with Gasteiger partial charge in [-0.3, -0.25) is 4.84 Å². The lowest BCUT2D eigenvalue weighted by Gasteiger charge is -1.92. The topological polar surface area (TPSA) is 13.1 Å². The maximum Gasteiger partial charge on any atom is 0.343 e. The second-order valence-electron chi connectivity index (χ2n) is 1.66. The summed E-state index contributed by atoms with van der Waals surface area (Å²) in [4.78, 5) is 4.83. The molecule has 54 valence electrons. The molecule has 0 atom stereocenters. The molecule has 0 bridgehead atoms. The Morgan fingerprint density at radius 2 is 2.20 bits per heavy atom. The van der Waals surface area contributed by atoms with Gasteiger partial charge in [0.15, 0.2) is 0 Å². The largest absolute Gasteiger partial charge is 0.343 e. The molecule has 0 radical (unpaired) electrons. The van der Waals surface area contributed by atoms with Crippen LogP contribution in [0.25, 0.3) is 0 Å². The Hall–Kier alpha value is -0.470. The molecule has 0 aliphatic carbocycles. The van der Waals surface area contributed by atoms with E-state index in [2.05, 4.69) is 0 Å². The Labute approximate surface area is 68.9 Å². The first-order chi connectivity index (χ1) is 4.75. The van der Waals surface area contributed by atoms with Crippen molar-refractivity contribution in [1.82, 2.24) is 0 Å². The van der Waals surface area contributed by atoms with Gasteiger partial charge in [-0.2, -0.15) is 0 Å². The molecule has 1 aromatic rings. The molecular formula is C6H6Cl2NO+. The molecule has 0 aliphatic rings. The molecular weight excluding hydrogens is 173 g/mol. The highest BCUT2D eigenvalue weighted by Gasteiger charge is 2.11. The van der Waals surface area contributed by atoms with Crippen molar-refractivity contribution in [2.45, 2.75) is 0 Å². The molecule has 0 unspecified atom stereocenters. The van der Waals surface area contributed by atoms with Crippen molar-refractivity contribution in [3.63, 3.8) is 0 Å². The standard InChI is InChI=1S/C6H6Cl2NO/c1-10-9-4-2-3-5(7)6(9)8/h2-4H,1H3/q+1. The van der Waals surface area contributed by atoms with Crippen LogP contribution in [-0.4, -0.2) is 7.11 Å². The molecule has 0 N–H and O–H groups in total. The summed E-state index contributed by atoms with van der Waals surface area (Å²) in [6.07, 6.45) is 1.67. The van der Waals surface area contributed by atoms with Crippen LogP contribution in [-0.2, 0) is 0 Å². The van der Waals surface area contributed by atoms with Crippen molar-refractivity contribution in [3.8, 4) is 0 Å². The average molecular weight is 179 g/mol. The Morgan fingerprint density at radius 3 is 2.70 bits per heavy atom. The zero-order valence-electron chi connectivity index (χ0n) is 5.34. The number of nitrogens with zero attached hydrogens (tertiary/aromatic N) is 1. The van der Waals surface area contributed by atoms with E-state index in [4.69, 9.17) is 28.0 Å². The van der Waals surface area contributed by atoms with E-state index in [1.54, 1.807) is 18.3 Å². The van der Waals surface area contributed by atoms with Gasteiger partial charge in [-0.25, -0.2) is 0 Å². The van der Waals surface area contributed by atoms with E-state index in [0.29, 0.717) is 10.2 Å². The Bertz CT molecular complexity index is 239. The summed E-state index contributed by atoms with van der Waals surface area (Å²) < 4.78 is 1.38. The van der Waals surface area contributed by atoms with Crippen molar-refractivity contribution in [3.05, 3.63) is 28.5 Å². The minimum atomic E-state index is 0.381. The average Bonchev–Trinajstić information content (AvgIpc) is 1.95. The highest BCUT2D eigenvalue weighted by molar-refractivity contribution is 6.40. The van der Waals surface area contributed by atoms with Crippen LogP contribution in [0, 0.1) is 0 Å². The summed E-state index contributed by atoms with van der Waals surface area (Å²) in [6.45, 7) is 0. The van der Waals surface area contributed by atoms with Gasteiger partial charge in [0.05, 0.1) is 0 Å². The van der Waals surface area contributed by atoms with Gasteiger partial charge in [-0.1, -0.05) is 11.6 Å². The number of hydrogen-bond donors (Lipinski definition) is 0. The third-order valence-corrected chi connectivity index (χ3v) is 1.82.